The lowest BCUT2D eigenvalue weighted by atomic mass is 10.1. The topological polar surface area (TPSA) is 54.4 Å². The molecule has 14 heavy (non-hydrogen) atoms. The summed E-state index contributed by atoms with van der Waals surface area (Å²) in [6.45, 7) is 6.63. The molecule has 0 aromatic rings. The van der Waals surface area contributed by atoms with Crippen molar-refractivity contribution in [2.75, 3.05) is 0 Å². The molecule has 0 aromatic heterocycles. The molecular weight excluding hydrogens is 207 g/mol. The first-order valence-electron chi connectivity index (χ1n) is 3.93. The summed E-state index contributed by atoms with van der Waals surface area (Å²) in [5.74, 6) is -0.0644. The summed E-state index contributed by atoms with van der Waals surface area (Å²) in [4.78, 5) is -0.461. The number of halogens is 1. The van der Waals surface area contributed by atoms with Gasteiger partial charge in [0.2, 0.25) is 0 Å². The van der Waals surface area contributed by atoms with Crippen LogP contribution in [0.25, 0.3) is 0 Å². The Kier molecular flexibility index (Phi) is 4.73. The van der Waals surface area contributed by atoms with E-state index in [1.54, 1.807) is 13.8 Å². The summed E-state index contributed by atoms with van der Waals surface area (Å²) in [7, 11) is -4.26. The highest BCUT2D eigenvalue weighted by Gasteiger charge is 2.07. The highest BCUT2D eigenvalue weighted by molar-refractivity contribution is 7.90. The second-order valence-electron chi connectivity index (χ2n) is 3.04. The molecule has 0 heterocycles. The van der Waals surface area contributed by atoms with Gasteiger partial charge in [-0.2, -0.15) is 8.42 Å². The average Bonchev–Trinajstić information content (AvgIpc) is 2.02. The third-order valence-electron chi connectivity index (χ3n) is 1.59. The van der Waals surface area contributed by atoms with Gasteiger partial charge in [0, 0.05) is 0 Å². The van der Waals surface area contributed by atoms with Crippen molar-refractivity contribution in [3.8, 4) is 0 Å². The van der Waals surface area contributed by atoms with Gasteiger partial charge >= 0.3 is 0 Å². The van der Waals surface area contributed by atoms with E-state index in [9.17, 15) is 12.8 Å². The molecule has 0 atom stereocenters. The average molecular weight is 220 g/mol. The molecule has 0 saturated carbocycles. The Morgan fingerprint density at radius 1 is 1.43 bits per heavy atom. The van der Waals surface area contributed by atoms with Crippen LogP contribution in [0.1, 0.15) is 13.8 Å². The van der Waals surface area contributed by atoms with Gasteiger partial charge in [-0.15, -0.1) is 0 Å². The van der Waals surface area contributed by atoms with Gasteiger partial charge < -0.3 is 0 Å². The van der Waals surface area contributed by atoms with Gasteiger partial charge in [-0.1, -0.05) is 26.5 Å². The lowest BCUT2D eigenvalue weighted by Gasteiger charge is -2.02. The van der Waals surface area contributed by atoms with Crippen LogP contribution in [0.5, 0.6) is 0 Å². The molecule has 1 N–H and O–H groups in total. The third-order valence-corrected chi connectivity index (χ3v) is 2.38. The maximum atomic E-state index is 12.2. The molecule has 0 radical (unpaired) electrons. The van der Waals surface area contributed by atoms with Crippen LogP contribution in [-0.4, -0.2) is 13.0 Å². The second-order valence-corrected chi connectivity index (χ2v) is 4.51. The number of rotatable bonds is 4. The minimum atomic E-state index is -4.26. The summed E-state index contributed by atoms with van der Waals surface area (Å²) in [5, 5.41) is 0. The van der Waals surface area contributed by atoms with E-state index >= 15 is 0 Å². The molecule has 0 aliphatic rings. The predicted molar refractivity (Wildman–Crippen MR) is 53.9 cm³/mol. The van der Waals surface area contributed by atoms with Crippen LogP contribution in [-0.2, 0) is 10.1 Å². The van der Waals surface area contributed by atoms with Gasteiger partial charge in [0.15, 0.2) is 0 Å². The minimum Gasteiger partial charge on any atom is -0.282 e. The Labute approximate surface area is 83.4 Å². The fraction of sp³-hybridized carbons (Fsp3) is 0.333. The molecule has 0 amide bonds. The Balaban J connectivity index is 4.70. The Morgan fingerprint density at radius 2 is 1.93 bits per heavy atom. The lowest BCUT2D eigenvalue weighted by Crippen LogP contribution is -1.98. The highest BCUT2D eigenvalue weighted by atomic mass is 32.2. The SMILES string of the molecule is C=C(C=CC(=CF)C(C)C)S(=O)(=O)O. The van der Waals surface area contributed by atoms with Crippen molar-refractivity contribution in [1.82, 2.24) is 0 Å². The Bertz CT molecular complexity index is 364. The summed E-state index contributed by atoms with van der Waals surface area (Å²) < 4.78 is 41.7. The normalized spacial score (nSPS) is 13.9. The van der Waals surface area contributed by atoms with Gasteiger partial charge in [0.05, 0.1) is 11.2 Å². The second kappa shape index (κ2) is 5.07. The fourth-order valence-electron chi connectivity index (χ4n) is 0.630. The van der Waals surface area contributed by atoms with E-state index in [-0.39, 0.29) is 5.92 Å². The summed E-state index contributed by atoms with van der Waals surface area (Å²) >= 11 is 0. The van der Waals surface area contributed by atoms with Gasteiger partial charge in [0.1, 0.15) is 0 Å². The molecule has 0 bridgehead atoms. The lowest BCUT2D eigenvalue weighted by molar-refractivity contribution is 0.492. The van der Waals surface area contributed by atoms with Crippen molar-refractivity contribution >= 4 is 10.1 Å². The smallest absolute Gasteiger partial charge is 0.282 e. The molecule has 0 aromatic carbocycles. The molecule has 80 valence electrons. The maximum absolute atomic E-state index is 12.2. The zero-order valence-corrected chi connectivity index (χ0v) is 8.88. The Hall–Kier alpha value is -0.940. The first-order chi connectivity index (χ1) is 6.29. The van der Waals surface area contributed by atoms with Gasteiger partial charge in [-0.3, -0.25) is 4.55 Å². The molecule has 0 spiro atoms. The van der Waals surface area contributed by atoms with Gasteiger partial charge in [0.25, 0.3) is 10.1 Å². The van der Waals surface area contributed by atoms with E-state index in [1.807, 2.05) is 0 Å². The number of allylic oxidation sites excluding steroid dienone is 3. The molecule has 0 aliphatic carbocycles. The molecule has 0 rings (SSSR count). The fourth-order valence-corrected chi connectivity index (χ4v) is 0.870. The van der Waals surface area contributed by atoms with Crippen LogP contribution in [0.4, 0.5) is 4.39 Å². The minimum absolute atomic E-state index is 0.0644. The summed E-state index contributed by atoms with van der Waals surface area (Å²) in [6, 6.07) is 0. The molecule has 0 fully saturated rings. The van der Waals surface area contributed by atoms with E-state index in [1.165, 1.54) is 6.08 Å². The quantitative estimate of drug-likeness (QED) is 0.585. The molecule has 5 heteroatoms. The summed E-state index contributed by atoms with van der Waals surface area (Å²) in [5.41, 5.74) is 0.329. The van der Waals surface area contributed by atoms with Gasteiger partial charge in [-0.05, 0) is 17.6 Å². The molecule has 3 nitrogen and oxygen atoms in total. The van der Waals surface area contributed by atoms with Crippen molar-refractivity contribution in [1.29, 1.82) is 0 Å². The first kappa shape index (κ1) is 13.1. The van der Waals surface area contributed by atoms with Crippen molar-refractivity contribution in [2.45, 2.75) is 13.8 Å². The van der Waals surface area contributed by atoms with E-state index in [0.29, 0.717) is 11.9 Å². The van der Waals surface area contributed by atoms with Crippen LogP contribution < -0.4 is 0 Å². The predicted octanol–water partition coefficient (Wildman–Crippen LogP) is 2.45. The standard InChI is InChI=1S/C9H13FO3S/c1-7(2)9(6-10)5-4-8(3)14(11,12)13/h4-7H,3H2,1-2H3,(H,11,12,13). The molecule has 0 aliphatic heterocycles. The van der Waals surface area contributed by atoms with Crippen LogP contribution in [0, 0.1) is 5.92 Å². The van der Waals surface area contributed by atoms with Gasteiger partial charge in [-0.25, -0.2) is 4.39 Å². The van der Waals surface area contributed by atoms with Crippen LogP contribution >= 0.6 is 0 Å². The van der Waals surface area contributed by atoms with Crippen molar-refractivity contribution in [3.63, 3.8) is 0 Å². The van der Waals surface area contributed by atoms with E-state index < -0.39 is 15.0 Å². The highest BCUT2D eigenvalue weighted by Crippen LogP contribution is 2.13. The van der Waals surface area contributed by atoms with Crippen molar-refractivity contribution < 1.29 is 17.4 Å². The monoisotopic (exact) mass is 220 g/mol. The zero-order valence-electron chi connectivity index (χ0n) is 8.07. The maximum Gasteiger partial charge on any atom is 0.293 e. The Morgan fingerprint density at radius 3 is 2.21 bits per heavy atom. The first-order valence-corrected chi connectivity index (χ1v) is 5.37. The van der Waals surface area contributed by atoms with Crippen LogP contribution in [0.15, 0.2) is 35.5 Å². The summed E-state index contributed by atoms with van der Waals surface area (Å²) in [6.07, 6.45) is 2.71. The molecule has 0 saturated heterocycles. The van der Waals surface area contributed by atoms with E-state index in [2.05, 4.69) is 6.58 Å². The van der Waals surface area contributed by atoms with Crippen LogP contribution in [0.2, 0.25) is 0 Å². The largest absolute Gasteiger partial charge is 0.293 e. The van der Waals surface area contributed by atoms with Crippen molar-refractivity contribution in [3.05, 3.63) is 35.5 Å². The van der Waals surface area contributed by atoms with E-state index in [0.717, 1.165) is 6.08 Å². The zero-order chi connectivity index (χ0) is 11.4. The van der Waals surface area contributed by atoms with E-state index in [4.69, 9.17) is 4.55 Å². The number of hydrogen-bond acceptors (Lipinski definition) is 2. The molecule has 0 unspecified atom stereocenters. The number of hydrogen-bond donors (Lipinski definition) is 1. The van der Waals surface area contributed by atoms with Crippen molar-refractivity contribution in [2.24, 2.45) is 5.92 Å². The van der Waals surface area contributed by atoms with Crippen LogP contribution in [0.3, 0.4) is 0 Å². The third kappa shape index (κ3) is 4.34. The molecular formula is C9H13FO3S.